The second kappa shape index (κ2) is 9.56. The molecule has 0 saturated carbocycles. The Labute approximate surface area is 143 Å². The number of hydrogen-bond acceptors (Lipinski definition) is 3. The molecular weight excluding hydrogens is 308 g/mol. The molecular formula is C19H25ClN2O. The highest BCUT2D eigenvalue weighted by atomic mass is 35.5. The van der Waals surface area contributed by atoms with Gasteiger partial charge in [0.2, 0.25) is 0 Å². The van der Waals surface area contributed by atoms with Crippen LogP contribution in [0.1, 0.15) is 18.1 Å². The minimum absolute atomic E-state index is 0.240. The second-order valence-electron chi connectivity index (χ2n) is 5.64. The minimum Gasteiger partial charge on any atom is -0.390 e. The van der Waals surface area contributed by atoms with Gasteiger partial charge in [-0.25, -0.2) is 0 Å². The van der Waals surface area contributed by atoms with Crippen LogP contribution in [0.5, 0.6) is 0 Å². The lowest BCUT2D eigenvalue weighted by Crippen LogP contribution is -2.24. The van der Waals surface area contributed by atoms with Gasteiger partial charge in [0.25, 0.3) is 0 Å². The van der Waals surface area contributed by atoms with Crippen LogP contribution in [-0.4, -0.2) is 35.1 Å². The molecule has 2 aromatic rings. The predicted octanol–water partition coefficient (Wildman–Crippen LogP) is 3.72. The Morgan fingerprint density at radius 3 is 2.43 bits per heavy atom. The second-order valence-corrected chi connectivity index (χ2v) is 5.94. The fraction of sp³-hybridized carbons (Fsp3) is 0.368. The highest BCUT2D eigenvalue weighted by molar-refractivity contribution is 6.18. The van der Waals surface area contributed by atoms with E-state index in [9.17, 15) is 5.11 Å². The van der Waals surface area contributed by atoms with Crippen molar-refractivity contribution in [3.8, 4) is 0 Å². The van der Waals surface area contributed by atoms with Crippen molar-refractivity contribution in [1.29, 1.82) is 0 Å². The summed E-state index contributed by atoms with van der Waals surface area (Å²) in [5, 5.41) is 12.9. The summed E-state index contributed by atoms with van der Waals surface area (Å²) in [6, 6.07) is 18.7. The van der Waals surface area contributed by atoms with Crippen molar-refractivity contribution < 1.29 is 5.11 Å². The smallest absolute Gasteiger partial charge is 0.0847 e. The summed E-state index contributed by atoms with van der Waals surface area (Å²) in [6.45, 7) is 5.41. The van der Waals surface area contributed by atoms with Crippen LogP contribution in [0.15, 0.2) is 54.6 Å². The van der Waals surface area contributed by atoms with E-state index in [1.807, 2.05) is 18.2 Å². The molecule has 3 nitrogen and oxygen atoms in total. The summed E-state index contributed by atoms with van der Waals surface area (Å²) < 4.78 is 0. The quantitative estimate of drug-likeness (QED) is 0.687. The maximum Gasteiger partial charge on any atom is 0.0847 e. The molecule has 0 amide bonds. The molecule has 124 valence electrons. The van der Waals surface area contributed by atoms with Crippen molar-refractivity contribution in [2.45, 2.75) is 26.1 Å². The number of nitrogens with one attached hydrogen (secondary N) is 1. The summed E-state index contributed by atoms with van der Waals surface area (Å²) in [5.41, 5.74) is 3.60. The van der Waals surface area contributed by atoms with E-state index in [-0.39, 0.29) is 5.88 Å². The molecule has 0 radical (unpaired) electrons. The van der Waals surface area contributed by atoms with Gasteiger partial charge in [0.1, 0.15) is 0 Å². The van der Waals surface area contributed by atoms with Crippen molar-refractivity contribution in [1.82, 2.24) is 4.90 Å². The molecule has 2 aromatic carbocycles. The van der Waals surface area contributed by atoms with Gasteiger partial charge in [-0.2, -0.15) is 0 Å². The number of nitrogens with zero attached hydrogens (tertiary/aromatic N) is 1. The molecule has 2 rings (SSSR count). The molecule has 4 heteroatoms. The molecule has 23 heavy (non-hydrogen) atoms. The summed E-state index contributed by atoms with van der Waals surface area (Å²) in [5.74, 6) is 0.240. The Hall–Kier alpha value is -1.55. The number of alkyl halides is 1. The number of hydrogen-bond donors (Lipinski definition) is 2. The van der Waals surface area contributed by atoms with Crippen molar-refractivity contribution in [2.75, 3.05) is 24.3 Å². The number of halogens is 1. The first-order chi connectivity index (χ1) is 11.2. The Bertz CT molecular complexity index is 577. The zero-order valence-electron chi connectivity index (χ0n) is 13.6. The first-order valence-corrected chi connectivity index (χ1v) is 8.58. The minimum atomic E-state index is -0.531. The standard InChI is InChI=1S/C19H25ClN2O/c1-2-22(14-16-8-4-3-5-9-16)15-17-10-6-7-11-19(17)21-13-18(23)12-20/h3-11,18,21,23H,2,12-15H2,1H3. The van der Waals surface area contributed by atoms with Gasteiger partial charge in [-0.15, -0.1) is 11.6 Å². The number of aliphatic hydroxyl groups excluding tert-OH is 1. The maximum atomic E-state index is 9.63. The molecule has 0 aliphatic rings. The van der Waals surface area contributed by atoms with Crippen LogP contribution < -0.4 is 5.32 Å². The summed E-state index contributed by atoms with van der Waals surface area (Å²) in [4.78, 5) is 2.40. The molecule has 0 spiro atoms. The Morgan fingerprint density at radius 1 is 1.04 bits per heavy atom. The topological polar surface area (TPSA) is 35.5 Å². The number of benzene rings is 2. The highest BCUT2D eigenvalue weighted by Crippen LogP contribution is 2.18. The van der Waals surface area contributed by atoms with Crippen LogP contribution in [0, 0.1) is 0 Å². The van der Waals surface area contributed by atoms with Crippen molar-refractivity contribution in [2.24, 2.45) is 0 Å². The monoisotopic (exact) mass is 332 g/mol. The van der Waals surface area contributed by atoms with E-state index in [1.165, 1.54) is 11.1 Å². The average Bonchev–Trinajstić information content (AvgIpc) is 2.60. The molecule has 0 bridgehead atoms. The molecule has 0 heterocycles. The Kier molecular flexibility index (Phi) is 7.40. The van der Waals surface area contributed by atoms with Crippen LogP contribution in [0.25, 0.3) is 0 Å². The van der Waals surface area contributed by atoms with E-state index in [0.29, 0.717) is 6.54 Å². The average molecular weight is 333 g/mol. The Morgan fingerprint density at radius 2 is 1.74 bits per heavy atom. The maximum absolute atomic E-state index is 9.63. The van der Waals surface area contributed by atoms with Gasteiger partial charge in [-0.1, -0.05) is 55.5 Å². The molecule has 1 atom stereocenters. The third-order valence-electron chi connectivity index (χ3n) is 3.81. The van der Waals surface area contributed by atoms with Crippen LogP contribution in [-0.2, 0) is 13.1 Å². The largest absolute Gasteiger partial charge is 0.390 e. The van der Waals surface area contributed by atoms with Crippen LogP contribution in [0.3, 0.4) is 0 Å². The van der Waals surface area contributed by atoms with Gasteiger partial charge in [0, 0.05) is 25.3 Å². The SMILES string of the molecule is CCN(Cc1ccccc1)Cc1ccccc1NCC(O)CCl. The van der Waals surface area contributed by atoms with Gasteiger partial charge in [-0.3, -0.25) is 4.90 Å². The molecule has 1 unspecified atom stereocenters. The molecule has 0 aliphatic carbocycles. The van der Waals surface area contributed by atoms with E-state index in [1.54, 1.807) is 0 Å². The lowest BCUT2D eigenvalue weighted by atomic mass is 10.1. The van der Waals surface area contributed by atoms with Gasteiger partial charge in [-0.05, 0) is 23.7 Å². The lowest BCUT2D eigenvalue weighted by molar-refractivity contribution is 0.211. The first kappa shape index (κ1) is 17.8. The van der Waals surface area contributed by atoms with E-state index < -0.39 is 6.10 Å². The first-order valence-electron chi connectivity index (χ1n) is 8.05. The van der Waals surface area contributed by atoms with Gasteiger partial charge >= 0.3 is 0 Å². The van der Waals surface area contributed by atoms with Crippen LogP contribution >= 0.6 is 11.6 Å². The van der Waals surface area contributed by atoms with E-state index in [4.69, 9.17) is 11.6 Å². The van der Waals surface area contributed by atoms with Crippen molar-refractivity contribution in [3.63, 3.8) is 0 Å². The third-order valence-corrected chi connectivity index (χ3v) is 4.17. The van der Waals surface area contributed by atoms with E-state index >= 15 is 0 Å². The van der Waals surface area contributed by atoms with E-state index in [2.05, 4.69) is 53.5 Å². The fourth-order valence-corrected chi connectivity index (χ4v) is 2.58. The third kappa shape index (κ3) is 5.87. The number of para-hydroxylation sites is 1. The zero-order valence-corrected chi connectivity index (χ0v) is 14.3. The number of anilines is 1. The molecule has 2 N–H and O–H groups in total. The number of rotatable bonds is 9. The van der Waals surface area contributed by atoms with Crippen LogP contribution in [0.2, 0.25) is 0 Å². The molecule has 0 aromatic heterocycles. The Balaban J connectivity index is 2.02. The summed E-state index contributed by atoms with van der Waals surface area (Å²) >= 11 is 5.66. The van der Waals surface area contributed by atoms with Gasteiger partial charge in [0.05, 0.1) is 12.0 Å². The highest BCUT2D eigenvalue weighted by Gasteiger charge is 2.09. The predicted molar refractivity (Wildman–Crippen MR) is 97.9 cm³/mol. The molecule has 0 aliphatic heterocycles. The molecule has 0 saturated heterocycles. The fourth-order valence-electron chi connectivity index (χ4n) is 2.47. The van der Waals surface area contributed by atoms with Crippen LogP contribution in [0.4, 0.5) is 5.69 Å². The summed E-state index contributed by atoms with van der Waals surface area (Å²) in [7, 11) is 0. The number of aliphatic hydroxyl groups is 1. The van der Waals surface area contributed by atoms with Gasteiger partial charge < -0.3 is 10.4 Å². The normalized spacial score (nSPS) is 12.3. The van der Waals surface area contributed by atoms with Crippen molar-refractivity contribution >= 4 is 17.3 Å². The summed E-state index contributed by atoms with van der Waals surface area (Å²) in [6.07, 6.45) is -0.531. The van der Waals surface area contributed by atoms with Crippen molar-refractivity contribution in [3.05, 3.63) is 65.7 Å². The van der Waals surface area contributed by atoms with Gasteiger partial charge in [0.15, 0.2) is 0 Å². The lowest BCUT2D eigenvalue weighted by Gasteiger charge is -2.23. The zero-order chi connectivity index (χ0) is 16.5. The molecule has 0 fully saturated rings. The van der Waals surface area contributed by atoms with E-state index in [0.717, 1.165) is 25.3 Å².